The summed E-state index contributed by atoms with van der Waals surface area (Å²) < 4.78 is 5.68. The number of carbonyl (C=O) groups excluding carboxylic acids is 2. The second-order valence-electron chi connectivity index (χ2n) is 4.74. The normalized spacial score (nSPS) is 17.6. The molecule has 0 aliphatic carbocycles. The summed E-state index contributed by atoms with van der Waals surface area (Å²) in [5.41, 5.74) is 1.87. The Bertz CT molecular complexity index is 704. The topological polar surface area (TPSA) is 43.4 Å². The lowest BCUT2D eigenvalue weighted by atomic mass is 9.94. The third kappa shape index (κ3) is 2.10. The standard InChI is InChI=1S/C16H11ClO3/c1-9-2-7-13-12(8-9)14(18)15(19)16(20-13)10-3-5-11(17)6-4-10/h2-8,16H,1H3. The molecule has 0 radical (unpaired) electrons. The first kappa shape index (κ1) is 12.9. The van der Waals surface area contributed by atoms with Crippen molar-refractivity contribution in [2.24, 2.45) is 0 Å². The van der Waals surface area contributed by atoms with Gasteiger partial charge in [0.25, 0.3) is 0 Å². The number of aryl methyl sites for hydroxylation is 1. The van der Waals surface area contributed by atoms with E-state index in [0.29, 0.717) is 21.9 Å². The Morgan fingerprint density at radius 1 is 1.05 bits per heavy atom. The molecule has 1 atom stereocenters. The maximum absolute atomic E-state index is 12.2. The Labute approximate surface area is 121 Å². The molecule has 3 rings (SSSR count). The molecule has 2 aromatic carbocycles. The Kier molecular flexibility index (Phi) is 3.07. The van der Waals surface area contributed by atoms with Crippen LogP contribution in [0.3, 0.4) is 0 Å². The van der Waals surface area contributed by atoms with Crippen LogP contribution in [0.15, 0.2) is 42.5 Å². The van der Waals surface area contributed by atoms with Crippen LogP contribution in [-0.2, 0) is 4.79 Å². The predicted molar refractivity (Wildman–Crippen MR) is 75.3 cm³/mol. The zero-order valence-corrected chi connectivity index (χ0v) is 11.5. The van der Waals surface area contributed by atoms with E-state index in [1.165, 1.54) is 0 Å². The van der Waals surface area contributed by atoms with Gasteiger partial charge in [-0.3, -0.25) is 9.59 Å². The smallest absolute Gasteiger partial charge is 0.248 e. The SMILES string of the molecule is Cc1ccc2c(c1)C(=O)C(=O)C(c1ccc(Cl)cc1)O2. The average molecular weight is 287 g/mol. The van der Waals surface area contributed by atoms with E-state index >= 15 is 0 Å². The van der Waals surface area contributed by atoms with Gasteiger partial charge in [-0.15, -0.1) is 0 Å². The van der Waals surface area contributed by atoms with Crippen molar-refractivity contribution < 1.29 is 14.3 Å². The largest absolute Gasteiger partial charge is 0.477 e. The maximum atomic E-state index is 12.2. The highest BCUT2D eigenvalue weighted by atomic mass is 35.5. The molecule has 1 heterocycles. The first-order valence-corrected chi connectivity index (χ1v) is 6.55. The Morgan fingerprint density at radius 3 is 2.45 bits per heavy atom. The number of carbonyl (C=O) groups is 2. The Balaban J connectivity index is 2.04. The second-order valence-corrected chi connectivity index (χ2v) is 5.18. The van der Waals surface area contributed by atoms with Crippen molar-refractivity contribution in [2.45, 2.75) is 13.0 Å². The zero-order chi connectivity index (χ0) is 14.3. The van der Waals surface area contributed by atoms with Gasteiger partial charge in [0, 0.05) is 10.6 Å². The van der Waals surface area contributed by atoms with Crippen LogP contribution < -0.4 is 4.74 Å². The van der Waals surface area contributed by atoms with E-state index in [2.05, 4.69) is 0 Å². The molecule has 0 saturated carbocycles. The number of Topliss-reactive ketones (excluding diaryl/α,β-unsaturated/α-hetero) is 2. The lowest BCUT2D eigenvalue weighted by Gasteiger charge is -2.24. The minimum atomic E-state index is -0.894. The third-order valence-electron chi connectivity index (χ3n) is 3.26. The summed E-state index contributed by atoms with van der Waals surface area (Å²) >= 11 is 5.82. The summed E-state index contributed by atoms with van der Waals surface area (Å²) in [7, 11) is 0. The summed E-state index contributed by atoms with van der Waals surface area (Å²) in [6.45, 7) is 1.86. The van der Waals surface area contributed by atoms with Gasteiger partial charge in [-0.25, -0.2) is 0 Å². The summed E-state index contributed by atoms with van der Waals surface area (Å²) in [4.78, 5) is 24.3. The van der Waals surface area contributed by atoms with Crippen LogP contribution in [0, 0.1) is 6.92 Å². The van der Waals surface area contributed by atoms with Crippen molar-refractivity contribution in [1.82, 2.24) is 0 Å². The van der Waals surface area contributed by atoms with Gasteiger partial charge in [0.05, 0.1) is 5.56 Å². The third-order valence-corrected chi connectivity index (χ3v) is 3.51. The van der Waals surface area contributed by atoms with Crippen LogP contribution in [0.25, 0.3) is 0 Å². The average Bonchev–Trinajstić information content (AvgIpc) is 2.44. The molecule has 0 spiro atoms. The van der Waals surface area contributed by atoms with Gasteiger partial charge in [0.1, 0.15) is 5.75 Å². The highest BCUT2D eigenvalue weighted by Gasteiger charge is 2.36. The molecule has 2 aromatic rings. The van der Waals surface area contributed by atoms with Gasteiger partial charge in [-0.2, -0.15) is 0 Å². The molecule has 0 N–H and O–H groups in total. The number of hydrogen-bond acceptors (Lipinski definition) is 3. The van der Waals surface area contributed by atoms with Crippen molar-refractivity contribution >= 4 is 23.2 Å². The highest BCUT2D eigenvalue weighted by molar-refractivity contribution is 6.46. The Hall–Kier alpha value is -2.13. The van der Waals surface area contributed by atoms with Crippen LogP contribution in [0.2, 0.25) is 5.02 Å². The number of fused-ring (bicyclic) bond motifs is 1. The van der Waals surface area contributed by atoms with Crippen molar-refractivity contribution in [3.8, 4) is 5.75 Å². The minimum absolute atomic E-state index is 0.334. The quantitative estimate of drug-likeness (QED) is 0.753. The molecule has 0 aromatic heterocycles. The highest BCUT2D eigenvalue weighted by Crippen LogP contribution is 2.33. The molecule has 0 bridgehead atoms. The van der Waals surface area contributed by atoms with E-state index in [1.54, 1.807) is 36.4 Å². The van der Waals surface area contributed by atoms with Gasteiger partial charge in [-0.1, -0.05) is 35.4 Å². The van der Waals surface area contributed by atoms with Crippen LogP contribution in [-0.4, -0.2) is 11.6 Å². The first-order chi connectivity index (χ1) is 9.56. The van der Waals surface area contributed by atoms with Gasteiger partial charge in [0.15, 0.2) is 6.10 Å². The molecule has 1 aliphatic rings. The van der Waals surface area contributed by atoms with Gasteiger partial charge >= 0.3 is 0 Å². The molecule has 4 heteroatoms. The van der Waals surface area contributed by atoms with Gasteiger partial charge in [-0.05, 0) is 31.2 Å². The minimum Gasteiger partial charge on any atom is -0.477 e. The molecule has 1 unspecified atom stereocenters. The molecular weight excluding hydrogens is 276 g/mol. The van der Waals surface area contributed by atoms with Crippen molar-refractivity contribution in [3.63, 3.8) is 0 Å². The van der Waals surface area contributed by atoms with Crippen molar-refractivity contribution in [2.75, 3.05) is 0 Å². The van der Waals surface area contributed by atoms with Crippen LogP contribution in [0.1, 0.15) is 27.6 Å². The summed E-state index contributed by atoms with van der Waals surface area (Å²) in [6, 6.07) is 12.0. The molecule has 20 heavy (non-hydrogen) atoms. The van der Waals surface area contributed by atoms with Crippen molar-refractivity contribution in [1.29, 1.82) is 0 Å². The maximum Gasteiger partial charge on any atom is 0.248 e. The number of ether oxygens (including phenoxy) is 1. The van der Waals surface area contributed by atoms with E-state index in [1.807, 2.05) is 13.0 Å². The molecule has 0 saturated heterocycles. The molecule has 0 fully saturated rings. The zero-order valence-electron chi connectivity index (χ0n) is 10.7. The molecule has 100 valence electrons. The van der Waals surface area contributed by atoms with E-state index in [-0.39, 0.29) is 0 Å². The van der Waals surface area contributed by atoms with Crippen LogP contribution in [0.5, 0.6) is 5.75 Å². The molecule has 1 aliphatic heterocycles. The monoisotopic (exact) mass is 286 g/mol. The fourth-order valence-corrected chi connectivity index (χ4v) is 2.34. The summed E-state index contributed by atoms with van der Waals surface area (Å²) in [6.07, 6.45) is -0.894. The number of hydrogen-bond donors (Lipinski definition) is 0. The number of rotatable bonds is 1. The fourth-order valence-electron chi connectivity index (χ4n) is 2.21. The second kappa shape index (κ2) is 4.76. The van der Waals surface area contributed by atoms with E-state index in [4.69, 9.17) is 16.3 Å². The predicted octanol–water partition coefficient (Wildman–Crippen LogP) is 3.53. The van der Waals surface area contributed by atoms with E-state index in [0.717, 1.165) is 5.56 Å². The Morgan fingerprint density at radius 2 is 1.75 bits per heavy atom. The van der Waals surface area contributed by atoms with Gasteiger partial charge in [0.2, 0.25) is 11.6 Å². The lowest BCUT2D eigenvalue weighted by molar-refractivity contribution is -0.122. The van der Waals surface area contributed by atoms with E-state index in [9.17, 15) is 9.59 Å². The molecular formula is C16H11ClO3. The molecule has 0 amide bonds. The summed E-state index contributed by atoms with van der Waals surface area (Å²) in [5, 5.41) is 0.569. The van der Waals surface area contributed by atoms with Crippen LogP contribution >= 0.6 is 11.6 Å². The van der Waals surface area contributed by atoms with Gasteiger partial charge < -0.3 is 4.74 Å². The fraction of sp³-hybridized carbons (Fsp3) is 0.125. The van der Waals surface area contributed by atoms with Crippen LogP contribution in [0.4, 0.5) is 0 Å². The lowest BCUT2D eigenvalue weighted by Crippen LogP contribution is -2.31. The first-order valence-electron chi connectivity index (χ1n) is 6.17. The molecule has 3 nitrogen and oxygen atoms in total. The number of benzene rings is 2. The van der Waals surface area contributed by atoms with Crippen molar-refractivity contribution in [3.05, 3.63) is 64.2 Å². The van der Waals surface area contributed by atoms with E-state index < -0.39 is 17.7 Å². The number of ketones is 2. The number of halogens is 1. The summed E-state index contributed by atoms with van der Waals surface area (Å²) in [5.74, 6) is -0.611.